The van der Waals surface area contributed by atoms with Gasteiger partial charge in [0.25, 0.3) is 10.0 Å². The van der Waals surface area contributed by atoms with Crippen molar-refractivity contribution >= 4 is 37.1 Å². The molecule has 166 valence electrons. The van der Waals surface area contributed by atoms with Crippen LogP contribution in [0.2, 0.25) is 0 Å². The minimum Gasteiger partial charge on any atom is -0.261 e. The van der Waals surface area contributed by atoms with Crippen LogP contribution in [0.3, 0.4) is 0 Å². The number of rotatable bonds is 7. The lowest BCUT2D eigenvalue weighted by atomic mass is 10.1. The topological polar surface area (TPSA) is 98.5 Å². The summed E-state index contributed by atoms with van der Waals surface area (Å²) in [5, 5.41) is 11.1. The van der Waals surface area contributed by atoms with Gasteiger partial charge in [0.05, 0.1) is 28.8 Å². The molecule has 0 unspecified atom stereocenters. The van der Waals surface area contributed by atoms with E-state index in [0.717, 1.165) is 28.5 Å². The molecule has 0 radical (unpaired) electrons. The molecule has 32 heavy (non-hydrogen) atoms. The van der Waals surface area contributed by atoms with Gasteiger partial charge in [0.2, 0.25) is 10.0 Å². The Morgan fingerprint density at radius 3 is 2.41 bits per heavy atom. The van der Waals surface area contributed by atoms with Gasteiger partial charge in [-0.25, -0.2) is 16.8 Å². The Morgan fingerprint density at radius 2 is 1.72 bits per heavy atom. The zero-order valence-corrected chi connectivity index (χ0v) is 19.5. The molecule has 0 aliphatic carbocycles. The fraction of sp³-hybridized carbons (Fsp3) is 0.227. The first kappa shape index (κ1) is 22.5. The Kier molecular flexibility index (Phi) is 6.35. The van der Waals surface area contributed by atoms with Crippen LogP contribution in [0.25, 0.3) is 0 Å². The average molecular weight is 488 g/mol. The van der Waals surface area contributed by atoms with Gasteiger partial charge >= 0.3 is 0 Å². The van der Waals surface area contributed by atoms with Crippen molar-refractivity contribution in [3.8, 4) is 6.07 Å². The van der Waals surface area contributed by atoms with Crippen LogP contribution in [-0.2, 0) is 26.6 Å². The second kappa shape index (κ2) is 9.03. The molecule has 1 aliphatic heterocycles. The van der Waals surface area contributed by atoms with Crippen LogP contribution < -0.4 is 4.31 Å². The third-order valence-electron chi connectivity index (χ3n) is 5.30. The second-order valence-electron chi connectivity index (χ2n) is 7.32. The highest BCUT2D eigenvalue weighted by molar-refractivity contribution is 7.94. The maximum atomic E-state index is 13.5. The standard InChI is InChI=1S/C22H21N3O4S3/c23-16-18-7-1-2-8-19(18)17-25(32(28,29)22-11-6-14-30-22)20-9-5-10-21(15-20)31(26,27)24-12-3-4-13-24/h1-2,5-11,14-15H,3-4,12-13,17H2. The number of nitrogens with zero attached hydrogens (tertiary/aromatic N) is 3. The van der Waals surface area contributed by atoms with Crippen molar-refractivity contribution in [3.63, 3.8) is 0 Å². The molecule has 2 aromatic carbocycles. The van der Waals surface area contributed by atoms with E-state index in [4.69, 9.17) is 0 Å². The third-order valence-corrected chi connectivity index (χ3v) is 10.3. The van der Waals surface area contributed by atoms with Gasteiger partial charge < -0.3 is 0 Å². The van der Waals surface area contributed by atoms with Crippen molar-refractivity contribution in [3.05, 3.63) is 77.2 Å². The first-order valence-electron chi connectivity index (χ1n) is 9.98. The summed E-state index contributed by atoms with van der Waals surface area (Å²) in [6.45, 7) is 0.815. The van der Waals surface area contributed by atoms with E-state index in [-0.39, 0.29) is 21.3 Å². The lowest BCUT2D eigenvalue weighted by Gasteiger charge is -2.25. The number of thiophene rings is 1. The van der Waals surface area contributed by atoms with Gasteiger partial charge in [0, 0.05) is 13.1 Å². The molecular formula is C22H21N3O4S3. The molecule has 3 aromatic rings. The van der Waals surface area contributed by atoms with Crippen molar-refractivity contribution in [2.45, 2.75) is 28.5 Å². The molecule has 1 aromatic heterocycles. The molecule has 1 fully saturated rings. The van der Waals surface area contributed by atoms with Crippen molar-refractivity contribution in [2.24, 2.45) is 0 Å². The second-order valence-corrected chi connectivity index (χ2v) is 12.3. The predicted octanol–water partition coefficient (Wildman–Crippen LogP) is 3.80. The van der Waals surface area contributed by atoms with Gasteiger partial charge in [0.15, 0.2) is 0 Å². The van der Waals surface area contributed by atoms with Crippen LogP contribution in [0.4, 0.5) is 5.69 Å². The van der Waals surface area contributed by atoms with E-state index in [1.807, 2.05) is 0 Å². The van der Waals surface area contributed by atoms with Crippen LogP contribution in [0, 0.1) is 11.3 Å². The summed E-state index contributed by atoms with van der Waals surface area (Å²) in [5.74, 6) is 0. The molecule has 0 N–H and O–H groups in total. The van der Waals surface area contributed by atoms with Crippen molar-refractivity contribution < 1.29 is 16.8 Å². The molecule has 1 saturated heterocycles. The van der Waals surface area contributed by atoms with Crippen LogP contribution in [0.5, 0.6) is 0 Å². The van der Waals surface area contributed by atoms with Crippen molar-refractivity contribution in [1.82, 2.24) is 4.31 Å². The molecule has 10 heteroatoms. The number of sulfonamides is 2. The van der Waals surface area contributed by atoms with E-state index in [1.54, 1.807) is 47.8 Å². The molecule has 0 bridgehead atoms. The fourth-order valence-electron chi connectivity index (χ4n) is 3.63. The highest BCUT2D eigenvalue weighted by Crippen LogP contribution is 2.31. The Labute approximate surface area is 192 Å². The largest absolute Gasteiger partial charge is 0.274 e. The third kappa shape index (κ3) is 4.29. The van der Waals surface area contributed by atoms with Crippen LogP contribution in [0.15, 0.2) is 75.1 Å². The molecule has 4 rings (SSSR count). The molecule has 7 nitrogen and oxygen atoms in total. The fourth-order valence-corrected chi connectivity index (χ4v) is 7.73. The van der Waals surface area contributed by atoms with E-state index in [9.17, 15) is 22.1 Å². The maximum absolute atomic E-state index is 13.5. The van der Waals surface area contributed by atoms with E-state index < -0.39 is 20.0 Å². The van der Waals surface area contributed by atoms with Gasteiger partial charge in [-0.2, -0.15) is 9.57 Å². The van der Waals surface area contributed by atoms with Gasteiger partial charge in [0.1, 0.15) is 4.21 Å². The summed E-state index contributed by atoms with van der Waals surface area (Å²) in [6.07, 6.45) is 1.62. The summed E-state index contributed by atoms with van der Waals surface area (Å²) < 4.78 is 55.9. The van der Waals surface area contributed by atoms with E-state index in [1.165, 1.54) is 22.5 Å². The molecule has 0 amide bonds. The lowest BCUT2D eigenvalue weighted by molar-refractivity contribution is 0.477. The molecule has 0 spiro atoms. The number of hydrogen-bond donors (Lipinski definition) is 0. The minimum absolute atomic E-state index is 0.0526. The summed E-state index contributed by atoms with van der Waals surface area (Å²) in [7, 11) is -7.70. The van der Waals surface area contributed by atoms with Gasteiger partial charge in [-0.1, -0.05) is 30.3 Å². The number of anilines is 1. The van der Waals surface area contributed by atoms with Gasteiger partial charge in [-0.3, -0.25) is 4.31 Å². The SMILES string of the molecule is N#Cc1ccccc1CN(c1cccc(S(=O)(=O)N2CCCC2)c1)S(=O)(=O)c1cccs1. The van der Waals surface area contributed by atoms with Crippen molar-refractivity contribution in [2.75, 3.05) is 17.4 Å². The normalized spacial score (nSPS) is 14.8. The highest BCUT2D eigenvalue weighted by atomic mass is 32.2. The average Bonchev–Trinajstić information content (AvgIpc) is 3.52. The maximum Gasteiger partial charge on any atom is 0.274 e. The Hall–Kier alpha value is -2.71. The molecule has 2 heterocycles. The summed E-state index contributed by atoms with van der Waals surface area (Å²) >= 11 is 1.08. The number of benzene rings is 2. The first-order valence-corrected chi connectivity index (χ1v) is 13.7. The minimum atomic E-state index is -3.98. The van der Waals surface area contributed by atoms with E-state index in [0.29, 0.717) is 24.2 Å². The van der Waals surface area contributed by atoms with Crippen LogP contribution >= 0.6 is 11.3 Å². The van der Waals surface area contributed by atoms with Crippen LogP contribution in [-0.4, -0.2) is 34.2 Å². The molecular weight excluding hydrogens is 466 g/mol. The van der Waals surface area contributed by atoms with Crippen LogP contribution in [0.1, 0.15) is 24.0 Å². The highest BCUT2D eigenvalue weighted by Gasteiger charge is 2.30. The molecule has 1 aliphatic rings. The summed E-state index contributed by atoms with van der Waals surface area (Å²) in [4.78, 5) is 0.0526. The number of nitriles is 1. The quantitative estimate of drug-likeness (QED) is 0.505. The predicted molar refractivity (Wildman–Crippen MR) is 123 cm³/mol. The van der Waals surface area contributed by atoms with E-state index >= 15 is 0 Å². The summed E-state index contributed by atoms with van der Waals surface area (Å²) in [5.41, 5.74) is 1.12. The molecule has 0 saturated carbocycles. The number of hydrogen-bond acceptors (Lipinski definition) is 6. The summed E-state index contributed by atoms with van der Waals surface area (Å²) in [6, 6.07) is 18.0. The smallest absolute Gasteiger partial charge is 0.261 e. The Bertz CT molecular complexity index is 1360. The van der Waals surface area contributed by atoms with Gasteiger partial charge in [-0.05, 0) is 54.1 Å². The zero-order valence-electron chi connectivity index (χ0n) is 17.1. The van der Waals surface area contributed by atoms with Crippen molar-refractivity contribution in [1.29, 1.82) is 5.26 Å². The Morgan fingerprint density at radius 1 is 0.969 bits per heavy atom. The zero-order chi connectivity index (χ0) is 22.8. The molecule has 0 atom stereocenters. The van der Waals surface area contributed by atoms with E-state index in [2.05, 4.69) is 6.07 Å². The van der Waals surface area contributed by atoms with Gasteiger partial charge in [-0.15, -0.1) is 11.3 Å². The lowest BCUT2D eigenvalue weighted by Crippen LogP contribution is -2.31. The monoisotopic (exact) mass is 487 g/mol. The first-order chi connectivity index (χ1) is 15.3. The Balaban J connectivity index is 1.81.